The number of carbonyl (C=O) groups excluding carboxylic acids is 2. The molecule has 0 aromatic heterocycles. The maximum atomic E-state index is 14.0. The van der Waals surface area contributed by atoms with Gasteiger partial charge in [0.2, 0.25) is 11.8 Å². The molecule has 0 bridgehead atoms. The number of aryl methyl sites for hydroxylation is 1. The molecule has 2 amide bonds. The van der Waals surface area contributed by atoms with Gasteiger partial charge >= 0.3 is 0 Å². The van der Waals surface area contributed by atoms with Crippen LogP contribution in [-0.4, -0.2) is 50.9 Å². The van der Waals surface area contributed by atoms with E-state index in [0.29, 0.717) is 11.3 Å². The standard InChI is InChI=1S/C31H36FN3O5S/c1-22-11-17-29(18-12-22)41(38,39)35(27-9-6-10-28(19-27)40-3)21-30(36)34(20-24-13-15-25(32)16-14-24)23(2)31(37)33-26-7-4-5-8-26/h6,9-19,23,26H,4-5,7-8,20-21H2,1-3H3,(H,33,37). The van der Waals surface area contributed by atoms with Gasteiger partial charge < -0.3 is 15.0 Å². The van der Waals surface area contributed by atoms with E-state index in [1.807, 2.05) is 6.92 Å². The maximum absolute atomic E-state index is 14.0. The summed E-state index contributed by atoms with van der Waals surface area (Å²) in [7, 11) is -2.72. The second-order valence-corrected chi connectivity index (χ2v) is 12.2. The number of sulfonamides is 1. The number of anilines is 1. The molecule has 4 rings (SSSR count). The van der Waals surface area contributed by atoms with Crippen LogP contribution >= 0.6 is 0 Å². The number of carbonyl (C=O) groups is 2. The summed E-state index contributed by atoms with van der Waals surface area (Å²) in [5, 5.41) is 3.03. The Morgan fingerprint density at radius 2 is 1.68 bits per heavy atom. The molecule has 1 saturated carbocycles. The molecule has 41 heavy (non-hydrogen) atoms. The second-order valence-electron chi connectivity index (χ2n) is 10.3. The van der Waals surface area contributed by atoms with E-state index in [9.17, 15) is 22.4 Å². The van der Waals surface area contributed by atoms with E-state index in [0.717, 1.165) is 35.6 Å². The minimum absolute atomic E-state index is 0.00506. The molecule has 218 valence electrons. The number of hydrogen-bond acceptors (Lipinski definition) is 5. The lowest BCUT2D eigenvalue weighted by molar-refractivity contribution is -0.139. The molecule has 10 heteroatoms. The number of nitrogens with one attached hydrogen (secondary N) is 1. The molecule has 1 N–H and O–H groups in total. The van der Waals surface area contributed by atoms with Crippen LogP contribution in [0.1, 0.15) is 43.7 Å². The van der Waals surface area contributed by atoms with Crippen molar-refractivity contribution in [3.8, 4) is 5.75 Å². The van der Waals surface area contributed by atoms with Gasteiger partial charge in [0.1, 0.15) is 24.2 Å². The van der Waals surface area contributed by atoms with E-state index in [-0.39, 0.29) is 29.1 Å². The van der Waals surface area contributed by atoms with Gasteiger partial charge in [-0.2, -0.15) is 0 Å². The van der Waals surface area contributed by atoms with Crippen molar-refractivity contribution in [3.63, 3.8) is 0 Å². The van der Waals surface area contributed by atoms with E-state index in [2.05, 4.69) is 5.32 Å². The van der Waals surface area contributed by atoms with Crippen LogP contribution in [0, 0.1) is 12.7 Å². The predicted molar refractivity (Wildman–Crippen MR) is 156 cm³/mol. The Hall–Kier alpha value is -3.92. The fourth-order valence-corrected chi connectivity index (χ4v) is 6.30. The number of ether oxygens (including phenoxy) is 1. The summed E-state index contributed by atoms with van der Waals surface area (Å²) in [6.07, 6.45) is 3.82. The molecule has 1 aliphatic carbocycles. The van der Waals surface area contributed by atoms with Crippen molar-refractivity contribution < 1.29 is 27.1 Å². The van der Waals surface area contributed by atoms with Gasteiger partial charge in [-0.3, -0.25) is 13.9 Å². The van der Waals surface area contributed by atoms with E-state index in [4.69, 9.17) is 4.74 Å². The minimum Gasteiger partial charge on any atom is -0.497 e. The smallest absolute Gasteiger partial charge is 0.264 e. The van der Waals surface area contributed by atoms with Gasteiger partial charge in [0, 0.05) is 18.7 Å². The van der Waals surface area contributed by atoms with Crippen LogP contribution in [0.4, 0.5) is 10.1 Å². The number of methoxy groups -OCH3 is 1. The Balaban J connectivity index is 1.69. The van der Waals surface area contributed by atoms with Crippen molar-refractivity contribution in [3.05, 3.63) is 89.7 Å². The van der Waals surface area contributed by atoms with Gasteiger partial charge in [-0.15, -0.1) is 0 Å². The topological polar surface area (TPSA) is 96.0 Å². The highest BCUT2D eigenvalue weighted by atomic mass is 32.2. The fraction of sp³-hybridized carbons (Fsp3) is 0.355. The molecule has 1 aliphatic rings. The SMILES string of the molecule is COc1cccc(N(CC(=O)N(Cc2ccc(F)cc2)C(C)C(=O)NC2CCCC2)S(=O)(=O)c2ccc(C)cc2)c1. The third kappa shape index (κ3) is 7.43. The molecule has 1 unspecified atom stereocenters. The molecule has 0 spiro atoms. The quantitative estimate of drug-likeness (QED) is 0.351. The first-order chi connectivity index (χ1) is 19.6. The molecular formula is C31H36FN3O5S. The zero-order valence-corrected chi connectivity index (χ0v) is 24.4. The van der Waals surface area contributed by atoms with E-state index in [1.165, 1.54) is 36.3 Å². The van der Waals surface area contributed by atoms with Gasteiger partial charge in [-0.1, -0.05) is 48.7 Å². The first kappa shape index (κ1) is 30.0. The number of benzene rings is 3. The number of nitrogens with zero attached hydrogens (tertiary/aromatic N) is 2. The molecular weight excluding hydrogens is 545 g/mol. The average molecular weight is 582 g/mol. The highest BCUT2D eigenvalue weighted by Gasteiger charge is 2.33. The van der Waals surface area contributed by atoms with Crippen molar-refractivity contribution >= 4 is 27.5 Å². The van der Waals surface area contributed by atoms with Crippen molar-refractivity contribution in [2.45, 2.75) is 63.1 Å². The summed E-state index contributed by atoms with van der Waals surface area (Å²) in [4.78, 5) is 28.6. The average Bonchev–Trinajstić information content (AvgIpc) is 3.48. The molecule has 3 aromatic carbocycles. The van der Waals surface area contributed by atoms with E-state index < -0.39 is 34.3 Å². The third-order valence-electron chi connectivity index (χ3n) is 7.36. The van der Waals surface area contributed by atoms with Crippen LogP contribution in [0.2, 0.25) is 0 Å². The maximum Gasteiger partial charge on any atom is 0.264 e. The summed E-state index contributed by atoms with van der Waals surface area (Å²) in [5.41, 5.74) is 1.73. The third-order valence-corrected chi connectivity index (χ3v) is 9.15. The van der Waals surface area contributed by atoms with Gasteiger partial charge in [0.25, 0.3) is 10.0 Å². The molecule has 8 nitrogen and oxygen atoms in total. The van der Waals surface area contributed by atoms with Gasteiger partial charge in [-0.25, -0.2) is 12.8 Å². The molecule has 0 saturated heterocycles. The summed E-state index contributed by atoms with van der Waals surface area (Å²) >= 11 is 0. The van der Waals surface area contributed by atoms with Crippen molar-refractivity contribution in [2.75, 3.05) is 18.0 Å². The first-order valence-corrected chi connectivity index (χ1v) is 15.1. The Morgan fingerprint density at radius 1 is 1.02 bits per heavy atom. The lowest BCUT2D eigenvalue weighted by Gasteiger charge is -2.32. The predicted octanol–water partition coefficient (Wildman–Crippen LogP) is 4.81. The summed E-state index contributed by atoms with van der Waals surface area (Å²) in [5.74, 6) is -0.901. The molecule has 1 atom stereocenters. The lowest BCUT2D eigenvalue weighted by atomic mass is 10.1. The van der Waals surface area contributed by atoms with Crippen molar-refractivity contribution in [1.82, 2.24) is 10.2 Å². The van der Waals surface area contributed by atoms with Crippen LogP contribution in [0.15, 0.2) is 77.7 Å². The van der Waals surface area contributed by atoms with Gasteiger partial charge in [0.05, 0.1) is 17.7 Å². The summed E-state index contributed by atoms with van der Waals surface area (Å²) in [6.45, 7) is 2.90. The largest absolute Gasteiger partial charge is 0.497 e. The molecule has 3 aromatic rings. The highest BCUT2D eigenvalue weighted by Crippen LogP contribution is 2.28. The second kappa shape index (κ2) is 13.2. The number of amides is 2. The zero-order valence-electron chi connectivity index (χ0n) is 23.5. The molecule has 0 heterocycles. The monoisotopic (exact) mass is 581 g/mol. The Labute approximate surface area is 241 Å². The van der Waals surface area contributed by atoms with Gasteiger partial charge in [0.15, 0.2) is 0 Å². The van der Waals surface area contributed by atoms with Crippen LogP contribution in [-0.2, 0) is 26.2 Å². The van der Waals surface area contributed by atoms with Crippen molar-refractivity contribution in [1.29, 1.82) is 0 Å². The summed E-state index contributed by atoms with van der Waals surface area (Å²) < 4.78 is 47.8. The van der Waals surface area contributed by atoms with E-state index >= 15 is 0 Å². The normalized spacial score (nSPS) is 14.3. The van der Waals surface area contributed by atoms with E-state index in [1.54, 1.807) is 55.5 Å². The fourth-order valence-electron chi connectivity index (χ4n) is 4.89. The molecule has 1 fully saturated rings. The van der Waals surface area contributed by atoms with Crippen molar-refractivity contribution in [2.24, 2.45) is 0 Å². The Kier molecular flexibility index (Phi) is 9.65. The van der Waals surface area contributed by atoms with Crippen LogP contribution in [0.25, 0.3) is 0 Å². The molecule has 0 radical (unpaired) electrons. The lowest BCUT2D eigenvalue weighted by Crippen LogP contribution is -2.52. The zero-order chi connectivity index (χ0) is 29.6. The van der Waals surface area contributed by atoms with Crippen LogP contribution < -0.4 is 14.4 Å². The number of halogens is 1. The highest BCUT2D eigenvalue weighted by molar-refractivity contribution is 7.92. The Bertz CT molecular complexity index is 1460. The minimum atomic E-state index is -4.19. The number of hydrogen-bond donors (Lipinski definition) is 1. The molecule has 0 aliphatic heterocycles. The first-order valence-electron chi connectivity index (χ1n) is 13.7. The van der Waals surface area contributed by atoms with Gasteiger partial charge in [-0.05, 0) is 68.7 Å². The van der Waals surface area contributed by atoms with Crippen LogP contribution in [0.5, 0.6) is 5.75 Å². The summed E-state index contributed by atoms with van der Waals surface area (Å²) in [6, 6.07) is 17.6. The Morgan fingerprint density at radius 3 is 2.32 bits per heavy atom. The number of rotatable bonds is 11. The van der Waals surface area contributed by atoms with Crippen LogP contribution in [0.3, 0.4) is 0 Å².